The highest BCUT2D eigenvalue weighted by Crippen LogP contribution is 2.56. The lowest BCUT2D eigenvalue weighted by molar-refractivity contribution is 0.171. The van der Waals surface area contributed by atoms with E-state index in [1.165, 1.54) is 46.7 Å². The van der Waals surface area contributed by atoms with Crippen LogP contribution in [-0.4, -0.2) is 30.1 Å². The van der Waals surface area contributed by atoms with Crippen LogP contribution < -0.4 is 9.80 Å². The zero-order chi connectivity index (χ0) is 39.7. The van der Waals surface area contributed by atoms with E-state index in [4.69, 9.17) is 0 Å². The number of likely N-dealkylation sites (N-methyl/N-ethyl adjacent to an activating group) is 1. The number of likely N-dealkylation sites (tertiary alicyclic amines) is 1. The molecule has 1 aliphatic carbocycles. The maximum Gasteiger partial charge on any atom is 0.0568 e. The molecule has 5 atom stereocenters. The highest BCUT2D eigenvalue weighted by Gasteiger charge is 2.50. The fraction of sp³-hybridized carbons (Fsp3) is 0.538. The summed E-state index contributed by atoms with van der Waals surface area (Å²) in [5, 5.41) is 0. The van der Waals surface area contributed by atoms with E-state index in [0.717, 1.165) is 45.2 Å². The standard InChI is InChI=1S/C52H73N3/c1-13-24-37(6)47-38(7)53(16-4)46(50(47,8)9)34-36-52(12)35-33-40(49(52)55(41-25-20-18-21-26-41)42-27-22-19-23-28-42)30-32-45-51(10,11)48-43(15-3)39(14-2)29-31-44(48)54(45)17-5/h18-23,25-32,34,37-38,45,47H,13-17,24,33,35-36H2,1-12H3. The summed E-state index contributed by atoms with van der Waals surface area (Å²) >= 11 is 0. The number of benzene rings is 3. The molecule has 6 rings (SSSR count). The number of hydrogen-bond donors (Lipinski definition) is 0. The number of aryl methyl sites for hydroxylation is 1. The van der Waals surface area contributed by atoms with Gasteiger partial charge in [-0.1, -0.05) is 136 Å². The van der Waals surface area contributed by atoms with Gasteiger partial charge in [-0.3, -0.25) is 0 Å². The highest BCUT2D eigenvalue weighted by atomic mass is 15.2. The number of fused-ring (bicyclic) bond motifs is 1. The Balaban J connectivity index is 1.49. The molecular weight excluding hydrogens is 667 g/mol. The van der Waals surface area contributed by atoms with Crippen molar-refractivity contribution >= 4 is 17.1 Å². The minimum atomic E-state index is -0.0474. The van der Waals surface area contributed by atoms with Crippen molar-refractivity contribution in [3.63, 3.8) is 0 Å². The van der Waals surface area contributed by atoms with E-state index in [-0.39, 0.29) is 22.3 Å². The van der Waals surface area contributed by atoms with E-state index in [0.29, 0.717) is 17.9 Å². The molecule has 0 aromatic heterocycles. The first kappa shape index (κ1) is 40.9. The van der Waals surface area contributed by atoms with E-state index in [2.05, 4.69) is 189 Å². The van der Waals surface area contributed by atoms with Gasteiger partial charge in [0.05, 0.1) is 6.04 Å². The summed E-state index contributed by atoms with van der Waals surface area (Å²) < 4.78 is 0. The van der Waals surface area contributed by atoms with Crippen LogP contribution in [0.15, 0.2) is 108 Å². The average Bonchev–Trinajstić information content (AvgIpc) is 3.69. The Morgan fingerprint density at radius 2 is 1.40 bits per heavy atom. The molecule has 2 aliphatic heterocycles. The molecule has 3 heteroatoms. The van der Waals surface area contributed by atoms with Crippen LogP contribution in [0.3, 0.4) is 0 Å². The van der Waals surface area contributed by atoms with E-state index in [1.54, 1.807) is 16.8 Å². The molecule has 3 aromatic rings. The summed E-state index contributed by atoms with van der Waals surface area (Å²) in [4.78, 5) is 8.03. The van der Waals surface area contributed by atoms with Gasteiger partial charge in [0, 0.05) is 63.8 Å². The van der Waals surface area contributed by atoms with Gasteiger partial charge in [0.15, 0.2) is 0 Å². The lowest BCUT2D eigenvalue weighted by Gasteiger charge is -2.38. The Hall–Kier alpha value is -3.72. The number of allylic oxidation sites excluding steroid dienone is 5. The number of hydrogen-bond acceptors (Lipinski definition) is 3. The SMILES string of the molecule is CCCC(C)C1C(C)N(CC)C(=CCC2(C)CCC(C=CC3N(CC)c4ccc(CC)c(CC)c4C3(C)C)=C2N(c2ccccc2)c2ccccc2)C1(C)C. The first-order valence-electron chi connectivity index (χ1n) is 22.0. The number of nitrogens with zero attached hydrogens (tertiary/aromatic N) is 3. The normalized spacial score (nSPS) is 25.7. The molecule has 3 aromatic carbocycles. The monoisotopic (exact) mass is 740 g/mol. The molecule has 0 N–H and O–H groups in total. The fourth-order valence-electron chi connectivity index (χ4n) is 11.9. The minimum absolute atomic E-state index is 0.00375. The smallest absolute Gasteiger partial charge is 0.0568 e. The Morgan fingerprint density at radius 3 is 1.95 bits per heavy atom. The third kappa shape index (κ3) is 7.23. The van der Waals surface area contributed by atoms with Crippen molar-refractivity contribution in [2.24, 2.45) is 22.7 Å². The largest absolute Gasteiger partial charge is 0.372 e. The number of para-hydroxylation sites is 2. The van der Waals surface area contributed by atoms with Gasteiger partial charge in [0.2, 0.25) is 0 Å². The Labute approximate surface area is 336 Å². The van der Waals surface area contributed by atoms with Gasteiger partial charge in [0.25, 0.3) is 0 Å². The van der Waals surface area contributed by atoms with Crippen molar-refractivity contribution < 1.29 is 0 Å². The molecule has 0 amide bonds. The molecule has 1 fully saturated rings. The zero-order valence-electron chi connectivity index (χ0n) is 36.7. The van der Waals surface area contributed by atoms with Gasteiger partial charge < -0.3 is 14.7 Å². The van der Waals surface area contributed by atoms with Crippen LogP contribution in [0.1, 0.15) is 132 Å². The fourth-order valence-corrected chi connectivity index (χ4v) is 11.9. The predicted octanol–water partition coefficient (Wildman–Crippen LogP) is 13.8. The van der Waals surface area contributed by atoms with Gasteiger partial charge in [-0.25, -0.2) is 0 Å². The first-order valence-corrected chi connectivity index (χ1v) is 22.0. The zero-order valence-corrected chi connectivity index (χ0v) is 36.7. The summed E-state index contributed by atoms with van der Waals surface area (Å²) in [7, 11) is 0. The average molecular weight is 740 g/mol. The Morgan fingerprint density at radius 1 is 0.782 bits per heavy atom. The third-order valence-electron chi connectivity index (χ3n) is 14.3. The Kier molecular flexibility index (Phi) is 12.2. The van der Waals surface area contributed by atoms with Crippen LogP contribution in [0.4, 0.5) is 17.1 Å². The maximum absolute atomic E-state index is 2.75. The van der Waals surface area contributed by atoms with Crippen molar-refractivity contribution in [1.82, 2.24) is 4.90 Å². The molecule has 3 aliphatic rings. The lowest BCUT2D eigenvalue weighted by atomic mass is 9.69. The summed E-state index contributed by atoms with van der Waals surface area (Å²) in [5.41, 5.74) is 13.1. The molecule has 1 saturated heterocycles. The molecule has 2 heterocycles. The summed E-state index contributed by atoms with van der Waals surface area (Å²) in [6.07, 6.45) is 15.8. The van der Waals surface area contributed by atoms with Crippen molar-refractivity contribution in [3.8, 4) is 0 Å². The van der Waals surface area contributed by atoms with Gasteiger partial charge in [-0.05, 0) is 117 Å². The lowest BCUT2D eigenvalue weighted by Crippen LogP contribution is -2.40. The van der Waals surface area contributed by atoms with Crippen molar-refractivity contribution in [2.45, 2.75) is 146 Å². The Bertz CT molecular complexity index is 1820. The molecule has 0 spiro atoms. The quantitative estimate of drug-likeness (QED) is 0.163. The van der Waals surface area contributed by atoms with Crippen LogP contribution in [0.2, 0.25) is 0 Å². The van der Waals surface area contributed by atoms with Crippen molar-refractivity contribution in [2.75, 3.05) is 22.9 Å². The van der Waals surface area contributed by atoms with Crippen LogP contribution in [0, 0.1) is 22.7 Å². The van der Waals surface area contributed by atoms with Gasteiger partial charge >= 0.3 is 0 Å². The first-order chi connectivity index (χ1) is 26.3. The molecule has 5 unspecified atom stereocenters. The topological polar surface area (TPSA) is 9.72 Å². The number of anilines is 3. The third-order valence-corrected chi connectivity index (χ3v) is 14.3. The second kappa shape index (κ2) is 16.4. The van der Waals surface area contributed by atoms with Crippen LogP contribution in [-0.2, 0) is 18.3 Å². The van der Waals surface area contributed by atoms with Crippen molar-refractivity contribution in [3.05, 3.63) is 125 Å². The van der Waals surface area contributed by atoms with E-state index in [9.17, 15) is 0 Å². The second-order valence-corrected chi connectivity index (χ2v) is 18.4. The van der Waals surface area contributed by atoms with Crippen molar-refractivity contribution in [1.29, 1.82) is 0 Å². The van der Waals surface area contributed by atoms with E-state index in [1.807, 2.05) is 0 Å². The van der Waals surface area contributed by atoms with E-state index < -0.39 is 0 Å². The maximum atomic E-state index is 2.75. The summed E-state index contributed by atoms with van der Waals surface area (Å²) in [5.74, 6) is 1.35. The van der Waals surface area contributed by atoms with Crippen LogP contribution >= 0.6 is 0 Å². The van der Waals surface area contributed by atoms with Crippen LogP contribution in [0.5, 0.6) is 0 Å². The van der Waals surface area contributed by atoms with E-state index >= 15 is 0 Å². The molecule has 296 valence electrons. The molecule has 0 bridgehead atoms. The molecule has 0 saturated carbocycles. The second-order valence-electron chi connectivity index (χ2n) is 18.4. The van der Waals surface area contributed by atoms with Gasteiger partial charge in [-0.2, -0.15) is 0 Å². The minimum Gasteiger partial charge on any atom is -0.372 e. The highest BCUT2D eigenvalue weighted by molar-refractivity contribution is 5.72. The molecule has 0 radical (unpaired) electrons. The predicted molar refractivity (Wildman–Crippen MR) is 239 cm³/mol. The molecule has 3 nitrogen and oxygen atoms in total. The molecular formula is C52H73N3. The molecule has 55 heavy (non-hydrogen) atoms. The van der Waals surface area contributed by atoms with Gasteiger partial charge in [-0.15, -0.1) is 0 Å². The van der Waals surface area contributed by atoms with Gasteiger partial charge in [0.1, 0.15) is 0 Å². The number of rotatable bonds is 14. The summed E-state index contributed by atoms with van der Waals surface area (Å²) in [6.45, 7) is 31.4. The van der Waals surface area contributed by atoms with Crippen LogP contribution in [0.25, 0.3) is 0 Å². The summed E-state index contributed by atoms with van der Waals surface area (Å²) in [6, 6.07) is 27.9.